The number of aliphatic hydroxyl groups excluding tert-OH is 1. The molecule has 5 heteroatoms. The fourth-order valence-corrected chi connectivity index (χ4v) is 8.95. The molecule has 0 rings (SSSR count). The molecule has 0 amide bonds. The number of allylic oxidation sites excluding steroid dienone is 26. The number of rotatable bonds is 59. The predicted molar refractivity (Wildman–Crippen MR) is 352 cm³/mol. The van der Waals surface area contributed by atoms with Crippen LogP contribution in [0.2, 0.25) is 0 Å². The third kappa shape index (κ3) is 66.0. The molecule has 0 aliphatic carbocycles. The molecule has 1 N–H and O–H groups in total. The summed E-state index contributed by atoms with van der Waals surface area (Å²) in [5.41, 5.74) is 0. The molecule has 0 aromatic rings. The average Bonchev–Trinajstić information content (AvgIpc) is 3.46. The first-order valence-corrected chi connectivity index (χ1v) is 33.0. The summed E-state index contributed by atoms with van der Waals surface area (Å²) in [4.78, 5) is 24.6. The van der Waals surface area contributed by atoms with E-state index in [0.717, 1.165) is 122 Å². The van der Waals surface area contributed by atoms with E-state index in [9.17, 15) is 14.7 Å². The van der Waals surface area contributed by atoms with Crippen LogP contribution in [-0.2, 0) is 19.1 Å². The number of carbonyl (C=O) groups is 2. The quantitative estimate of drug-likeness (QED) is 0.0373. The fraction of sp³-hybridized carbons (Fsp3) is 0.627. The van der Waals surface area contributed by atoms with Crippen molar-refractivity contribution in [2.24, 2.45) is 0 Å². The van der Waals surface area contributed by atoms with Crippen molar-refractivity contribution in [2.45, 2.75) is 290 Å². The van der Waals surface area contributed by atoms with Gasteiger partial charge in [-0.3, -0.25) is 9.59 Å². The smallest absolute Gasteiger partial charge is 0.306 e. The molecule has 452 valence electrons. The molecule has 0 aromatic carbocycles. The van der Waals surface area contributed by atoms with E-state index in [4.69, 9.17) is 9.47 Å². The van der Waals surface area contributed by atoms with E-state index < -0.39 is 6.10 Å². The van der Waals surface area contributed by atoms with Crippen LogP contribution in [0, 0.1) is 0 Å². The van der Waals surface area contributed by atoms with E-state index in [2.05, 4.69) is 172 Å². The molecule has 0 spiro atoms. The molecule has 80 heavy (non-hydrogen) atoms. The molecule has 1 unspecified atom stereocenters. The van der Waals surface area contributed by atoms with Crippen LogP contribution in [0.5, 0.6) is 0 Å². The minimum Gasteiger partial charge on any atom is -0.462 e. The average molecular weight is 1100 g/mol. The lowest BCUT2D eigenvalue weighted by atomic mass is 10.0. The second kappa shape index (κ2) is 68.8. The minimum atomic E-state index is -0.785. The Morgan fingerprint density at radius 3 is 0.750 bits per heavy atom. The largest absolute Gasteiger partial charge is 0.462 e. The van der Waals surface area contributed by atoms with Crippen LogP contribution in [0.25, 0.3) is 0 Å². The fourth-order valence-electron chi connectivity index (χ4n) is 8.95. The first kappa shape index (κ1) is 75.5. The van der Waals surface area contributed by atoms with E-state index in [0.29, 0.717) is 12.8 Å². The van der Waals surface area contributed by atoms with Gasteiger partial charge in [-0.2, -0.15) is 0 Å². The van der Waals surface area contributed by atoms with Gasteiger partial charge in [-0.15, -0.1) is 0 Å². The number of esters is 2. The summed E-state index contributed by atoms with van der Waals surface area (Å²) >= 11 is 0. The lowest BCUT2D eigenvalue weighted by Crippen LogP contribution is -2.28. The zero-order chi connectivity index (χ0) is 57.6. The lowest BCUT2D eigenvalue weighted by molar-refractivity contribution is -0.161. The van der Waals surface area contributed by atoms with E-state index in [1.165, 1.54) is 135 Å². The second-order valence-corrected chi connectivity index (χ2v) is 21.4. The van der Waals surface area contributed by atoms with Crippen molar-refractivity contribution in [3.8, 4) is 0 Å². The van der Waals surface area contributed by atoms with Crippen LogP contribution >= 0.6 is 0 Å². The van der Waals surface area contributed by atoms with Crippen LogP contribution in [-0.4, -0.2) is 36.4 Å². The number of hydrogen-bond donors (Lipinski definition) is 1. The molecule has 0 saturated carbocycles. The zero-order valence-electron chi connectivity index (χ0n) is 51.8. The Morgan fingerprint density at radius 2 is 0.500 bits per heavy atom. The Balaban J connectivity index is 3.53. The van der Waals surface area contributed by atoms with E-state index in [-0.39, 0.29) is 25.2 Å². The molecule has 5 nitrogen and oxygen atoms in total. The highest BCUT2D eigenvalue weighted by atomic mass is 16.6. The first-order chi connectivity index (χ1) is 39.6. The molecule has 0 fully saturated rings. The van der Waals surface area contributed by atoms with Gasteiger partial charge in [0.1, 0.15) is 6.61 Å². The van der Waals surface area contributed by atoms with Crippen molar-refractivity contribution in [3.63, 3.8) is 0 Å². The Morgan fingerprint density at radius 1 is 0.287 bits per heavy atom. The third-order valence-electron chi connectivity index (χ3n) is 13.8. The van der Waals surface area contributed by atoms with E-state index in [1.54, 1.807) is 0 Å². The molecule has 0 heterocycles. The van der Waals surface area contributed by atoms with Crippen molar-refractivity contribution in [3.05, 3.63) is 158 Å². The molecule has 0 saturated heterocycles. The maximum Gasteiger partial charge on any atom is 0.306 e. The Hall–Kier alpha value is -4.48. The number of unbranched alkanes of at least 4 members (excludes halogenated alkanes) is 25. The lowest BCUT2D eigenvalue weighted by Gasteiger charge is -2.15. The van der Waals surface area contributed by atoms with Crippen molar-refractivity contribution >= 4 is 11.9 Å². The normalized spacial score (nSPS) is 13.3. The predicted octanol–water partition coefficient (Wildman–Crippen LogP) is 23.1. The highest BCUT2D eigenvalue weighted by Gasteiger charge is 2.16. The summed E-state index contributed by atoms with van der Waals surface area (Å²) in [7, 11) is 0. The van der Waals surface area contributed by atoms with E-state index >= 15 is 0 Å². The Bertz CT molecular complexity index is 1730. The van der Waals surface area contributed by atoms with Crippen molar-refractivity contribution < 1.29 is 24.2 Å². The van der Waals surface area contributed by atoms with Gasteiger partial charge in [0, 0.05) is 12.8 Å². The van der Waals surface area contributed by atoms with Crippen LogP contribution in [0.15, 0.2) is 158 Å². The van der Waals surface area contributed by atoms with Gasteiger partial charge in [-0.25, -0.2) is 0 Å². The second-order valence-electron chi connectivity index (χ2n) is 21.4. The van der Waals surface area contributed by atoms with Gasteiger partial charge in [-0.1, -0.05) is 307 Å². The number of hydrogen-bond acceptors (Lipinski definition) is 5. The first-order valence-electron chi connectivity index (χ1n) is 33.0. The zero-order valence-corrected chi connectivity index (χ0v) is 51.8. The van der Waals surface area contributed by atoms with Crippen molar-refractivity contribution in [2.75, 3.05) is 13.2 Å². The molecule has 1 atom stereocenters. The highest BCUT2D eigenvalue weighted by molar-refractivity contribution is 5.70. The summed E-state index contributed by atoms with van der Waals surface area (Å²) in [5.74, 6) is -0.598. The molecule has 0 radical (unpaired) electrons. The van der Waals surface area contributed by atoms with Gasteiger partial charge in [-0.05, 0) is 122 Å². The van der Waals surface area contributed by atoms with Crippen molar-refractivity contribution in [1.82, 2.24) is 0 Å². The molecule has 0 aliphatic heterocycles. The SMILES string of the molecule is CC/C=C\C/C=C\C/C=C\C/C=C\C/C=C\C/C=C\C/C=C\CCCCCCCCCCCCCCCCCC(=O)OC(CO)COC(=O)CCCCCCCCCCCC/C=C\C/C=C\C/C=C\C/C=C\C/C=C\C/C=C\CC. The third-order valence-corrected chi connectivity index (χ3v) is 13.8. The van der Waals surface area contributed by atoms with Crippen LogP contribution in [0.4, 0.5) is 0 Å². The molecule has 0 aromatic heterocycles. The van der Waals surface area contributed by atoms with Crippen LogP contribution in [0.3, 0.4) is 0 Å². The summed E-state index contributed by atoms with van der Waals surface area (Å²) in [5, 5.41) is 9.70. The number of carbonyl (C=O) groups excluding carboxylic acids is 2. The number of aliphatic hydroxyl groups is 1. The van der Waals surface area contributed by atoms with Gasteiger partial charge in [0.2, 0.25) is 0 Å². The van der Waals surface area contributed by atoms with E-state index in [1.807, 2.05) is 0 Å². The van der Waals surface area contributed by atoms with Gasteiger partial charge >= 0.3 is 11.9 Å². The van der Waals surface area contributed by atoms with Gasteiger partial charge in [0.25, 0.3) is 0 Å². The maximum absolute atomic E-state index is 12.4. The summed E-state index contributed by atoms with van der Waals surface area (Å²) in [6.07, 6.45) is 105. The maximum atomic E-state index is 12.4. The van der Waals surface area contributed by atoms with Gasteiger partial charge < -0.3 is 14.6 Å². The monoisotopic (exact) mass is 1100 g/mol. The van der Waals surface area contributed by atoms with Crippen LogP contribution in [0.1, 0.15) is 284 Å². The molecular formula is C75H122O5. The Kier molecular flexibility index (Phi) is 64.9. The highest BCUT2D eigenvalue weighted by Crippen LogP contribution is 2.16. The molecular weight excluding hydrogens is 981 g/mol. The summed E-state index contributed by atoms with van der Waals surface area (Å²) in [6.45, 7) is 3.92. The van der Waals surface area contributed by atoms with Crippen LogP contribution < -0.4 is 0 Å². The molecule has 0 bridgehead atoms. The minimum absolute atomic E-state index is 0.0752. The van der Waals surface area contributed by atoms with Gasteiger partial charge in [0.05, 0.1) is 6.61 Å². The number of ether oxygens (including phenoxy) is 2. The molecule has 0 aliphatic rings. The Labute approximate surface area is 494 Å². The van der Waals surface area contributed by atoms with Crippen molar-refractivity contribution in [1.29, 1.82) is 0 Å². The summed E-state index contributed by atoms with van der Waals surface area (Å²) < 4.78 is 10.7. The topological polar surface area (TPSA) is 72.8 Å². The summed E-state index contributed by atoms with van der Waals surface area (Å²) in [6, 6.07) is 0. The van der Waals surface area contributed by atoms with Gasteiger partial charge in [0.15, 0.2) is 6.10 Å². The standard InChI is InChI=1S/C75H122O5/c1-3-5-7-9-11-13-15-17-19-21-23-25-27-29-31-33-34-35-36-37-38-39-40-42-44-46-48-50-52-54-56-58-60-62-64-66-68-70-75(78)80-73(71-76)72-79-74(77)69-67-65-63-61-59-57-55-53-51-49-47-45-43-41-32-30-28-26-24-22-20-18-16-14-12-10-8-6-4-2/h5-8,11-14,17-20,23-26,29-32,34-35,37-38,43,45,73,76H,3-4,9-10,15-16,21-22,27-28,33,36,39-42,44,46-72H2,1-2H3/b7-5-,8-6-,13-11-,14-12-,19-17-,20-18-,25-23-,26-24-,31-29-,32-30-,35-34-,38-37-,45-43-.